The first-order valence-corrected chi connectivity index (χ1v) is 13.0. The molecule has 186 valence electrons. The van der Waals surface area contributed by atoms with E-state index in [0.717, 1.165) is 30.7 Å². The maximum Gasteiger partial charge on any atom is 0.123 e. The average Bonchev–Trinajstić information content (AvgIpc) is 3.37. The van der Waals surface area contributed by atoms with Gasteiger partial charge in [0, 0.05) is 23.3 Å². The second-order valence-corrected chi connectivity index (χ2v) is 11.7. The van der Waals surface area contributed by atoms with Crippen molar-refractivity contribution in [3.05, 3.63) is 77.9 Å². The molecule has 3 aromatic rings. The van der Waals surface area contributed by atoms with Crippen molar-refractivity contribution >= 4 is 10.8 Å². The van der Waals surface area contributed by atoms with E-state index < -0.39 is 0 Å². The van der Waals surface area contributed by atoms with Crippen molar-refractivity contribution < 1.29 is 30.9 Å². The Kier molecular flexibility index (Phi) is 6.31. The van der Waals surface area contributed by atoms with Crippen molar-refractivity contribution in [2.75, 3.05) is 20.2 Å². The first-order chi connectivity index (χ1) is 16.4. The van der Waals surface area contributed by atoms with Crippen molar-refractivity contribution in [2.24, 2.45) is 17.8 Å². The Morgan fingerprint density at radius 3 is 2.37 bits per heavy atom. The van der Waals surface area contributed by atoms with Gasteiger partial charge in [0.15, 0.2) is 0 Å². The first-order valence-electron chi connectivity index (χ1n) is 13.0. The van der Waals surface area contributed by atoms with Crippen LogP contribution in [0.4, 0.5) is 0 Å². The van der Waals surface area contributed by atoms with Crippen LogP contribution in [0, 0.1) is 17.8 Å². The summed E-state index contributed by atoms with van der Waals surface area (Å²) in [5.74, 6) is 3.08. The lowest BCUT2D eigenvalue weighted by Crippen LogP contribution is -3.00. The van der Waals surface area contributed by atoms with E-state index in [4.69, 9.17) is 9.47 Å². The molecule has 0 spiro atoms. The molecule has 1 saturated carbocycles. The molecular weight excluding hydrogens is 498 g/mol. The van der Waals surface area contributed by atoms with Crippen molar-refractivity contribution in [2.45, 2.75) is 57.9 Å². The minimum atomic E-state index is -0.0968. The van der Waals surface area contributed by atoms with E-state index in [1.165, 1.54) is 45.8 Å². The van der Waals surface area contributed by atoms with E-state index >= 15 is 0 Å². The van der Waals surface area contributed by atoms with Crippen molar-refractivity contribution in [3.63, 3.8) is 0 Å². The average molecular weight is 537 g/mol. The summed E-state index contributed by atoms with van der Waals surface area (Å²) in [6.07, 6.45) is 2.64. The van der Waals surface area contributed by atoms with Gasteiger partial charge in [0.25, 0.3) is 0 Å². The highest BCUT2D eigenvalue weighted by molar-refractivity contribution is 5.82. The second-order valence-electron chi connectivity index (χ2n) is 11.7. The smallest absolute Gasteiger partial charge is 0.123 e. The highest BCUT2D eigenvalue weighted by Crippen LogP contribution is 2.65. The summed E-state index contributed by atoms with van der Waals surface area (Å²) >= 11 is 0. The summed E-state index contributed by atoms with van der Waals surface area (Å²) in [5, 5.41) is 2.69. The zero-order chi connectivity index (χ0) is 23.6. The summed E-state index contributed by atoms with van der Waals surface area (Å²) < 4.78 is 13.4. The van der Waals surface area contributed by atoms with E-state index in [1.54, 1.807) is 7.11 Å². The van der Waals surface area contributed by atoms with E-state index in [9.17, 15) is 0 Å². The molecule has 1 aliphatic carbocycles. The molecule has 0 unspecified atom stereocenters. The number of rotatable bonds is 6. The number of fused-ring (bicyclic) bond motifs is 1. The topological polar surface area (TPSA) is 18.5 Å². The third-order valence-corrected chi connectivity index (χ3v) is 9.95. The standard InChI is InChI=1S/C31H38NO2.BrH/c1-22-18-32(19-24-9-12-25-7-5-6-8-26(25)17-24)21-30(2,29-16-15-28(22)31(29,32)3)34-20-23-10-13-27(33-4)14-11-23;/h5-14,17,22,28-29H,15-16,18-21H2,1-4H3;1H/q+1;/p-1/t22-,28+,29-,30-,31-,32-;/m1./s1. The van der Waals surface area contributed by atoms with Gasteiger partial charge in [0.1, 0.15) is 30.0 Å². The normalized spacial score (nSPS) is 35.1. The zero-order valence-corrected chi connectivity index (χ0v) is 23.1. The summed E-state index contributed by atoms with van der Waals surface area (Å²) in [6, 6.07) is 24.2. The van der Waals surface area contributed by atoms with Crippen molar-refractivity contribution in [3.8, 4) is 5.75 Å². The van der Waals surface area contributed by atoms with Crippen molar-refractivity contribution in [1.29, 1.82) is 0 Å². The van der Waals surface area contributed by atoms with Crippen LogP contribution in [0.15, 0.2) is 66.7 Å². The third kappa shape index (κ3) is 3.75. The van der Waals surface area contributed by atoms with Crippen LogP contribution in [0.2, 0.25) is 0 Å². The molecule has 0 bridgehead atoms. The molecular formula is C31H38BrNO2. The Morgan fingerprint density at radius 2 is 1.63 bits per heavy atom. The van der Waals surface area contributed by atoms with Crippen LogP contribution in [0.1, 0.15) is 44.7 Å². The molecule has 3 nitrogen and oxygen atoms in total. The number of nitrogens with zero attached hydrogens (tertiary/aromatic N) is 1. The molecule has 0 radical (unpaired) electrons. The highest BCUT2D eigenvalue weighted by atomic mass is 79.9. The van der Waals surface area contributed by atoms with Crippen LogP contribution in [0.25, 0.3) is 10.8 Å². The number of ether oxygens (including phenoxy) is 2. The number of quaternary nitrogens is 1. The van der Waals surface area contributed by atoms with Gasteiger partial charge in [-0.1, -0.05) is 55.5 Å². The predicted octanol–water partition coefficient (Wildman–Crippen LogP) is 3.59. The SMILES string of the molecule is COc1ccc(CO[C@]2(C)C[N@+]3(Cc4ccc5ccccc5c4)C[C@@H](C)[C@@H]4CC[C@H]2[C@@]43C)cc1.[Br-]. The molecule has 2 aliphatic heterocycles. The number of benzene rings is 3. The molecule has 3 fully saturated rings. The van der Waals surface area contributed by atoms with E-state index in [-0.39, 0.29) is 22.6 Å². The van der Waals surface area contributed by atoms with Crippen LogP contribution in [0.5, 0.6) is 5.75 Å². The molecule has 0 N–H and O–H groups in total. The highest BCUT2D eigenvalue weighted by Gasteiger charge is 2.76. The molecule has 6 rings (SSSR count). The fourth-order valence-corrected chi connectivity index (χ4v) is 8.57. The van der Waals surface area contributed by atoms with Crippen molar-refractivity contribution in [1.82, 2.24) is 0 Å². The van der Waals surface area contributed by atoms with Gasteiger partial charge in [-0.2, -0.15) is 0 Å². The number of methoxy groups -OCH3 is 1. The molecule has 3 aliphatic rings. The van der Waals surface area contributed by atoms with Gasteiger partial charge in [0.2, 0.25) is 0 Å². The van der Waals surface area contributed by atoms with Crippen LogP contribution in [0.3, 0.4) is 0 Å². The Balaban J connectivity index is 0.00000253. The van der Waals surface area contributed by atoms with E-state index in [2.05, 4.69) is 75.4 Å². The maximum atomic E-state index is 6.89. The van der Waals surface area contributed by atoms with Gasteiger partial charge in [-0.05, 0) is 61.2 Å². The summed E-state index contributed by atoms with van der Waals surface area (Å²) in [4.78, 5) is 0. The van der Waals surface area contributed by atoms with E-state index in [1.807, 2.05) is 12.1 Å². The van der Waals surface area contributed by atoms with Gasteiger partial charge in [-0.3, -0.25) is 0 Å². The summed E-state index contributed by atoms with van der Waals surface area (Å²) in [7, 11) is 1.72. The predicted molar refractivity (Wildman–Crippen MR) is 138 cm³/mol. The van der Waals surface area contributed by atoms with Gasteiger partial charge in [0.05, 0.1) is 20.3 Å². The quantitative estimate of drug-likeness (QED) is 0.449. The first kappa shape index (κ1) is 24.8. The summed E-state index contributed by atoms with van der Waals surface area (Å²) in [6.45, 7) is 11.7. The largest absolute Gasteiger partial charge is 1.00 e. The Morgan fingerprint density at radius 1 is 0.914 bits per heavy atom. The van der Waals surface area contributed by atoms with Gasteiger partial charge in [-0.15, -0.1) is 0 Å². The van der Waals surface area contributed by atoms with Gasteiger partial charge < -0.3 is 30.9 Å². The molecule has 0 amide bonds. The molecule has 2 saturated heterocycles. The number of halogens is 1. The van der Waals surface area contributed by atoms with Crippen LogP contribution in [-0.4, -0.2) is 35.8 Å². The second kappa shape index (κ2) is 8.90. The Bertz CT molecular complexity index is 1210. The van der Waals surface area contributed by atoms with E-state index in [0.29, 0.717) is 18.1 Å². The van der Waals surface area contributed by atoms with Crippen LogP contribution < -0.4 is 21.7 Å². The Hall–Kier alpha value is -1.88. The lowest BCUT2D eigenvalue weighted by atomic mass is 9.76. The fraction of sp³-hybridized carbons (Fsp3) is 0.484. The lowest BCUT2D eigenvalue weighted by molar-refractivity contribution is -0.967. The fourth-order valence-electron chi connectivity index (χ4n) is 8.57. The zero-order valence-electron chi connectivity index (χ0n) is 21.5. The monoisotopic (exact) mass is 535 g/mol. The molecule has 3 aromatic carbocycles. The maximum absolute atomic E-state index is 6.89. The third-order valence-electron chi connectivity index (χ3n) is 9.95. The van der Waals surface area contributed by atoms with Gasteiger partial charge in [-0.25, -0.2) is 0 Å². The molecule has 6 atom stereocenters. The number of hydrogen-bond donors (Lipinski definition) is 0. The summed E-state index contributed by atoms with van der Waals surface area (Å²) in [5.41, 5.74) is 2.89. The molecule has 35 heavy (non-hydrogen) atoms. The molecule has 4 heteroatoms. The lowest BCUT2D eigenvalue weighted by Gasteiger charge is -2.43. The van der Waals surface area contributed by atoms with Crippen LogP contribution in [-0.2, 0) is 17.9 Å². The van der Waals surface area contributed by atoms with Crippen LogP contribution >= 0.6 is 0 Å². The molecule has 2 heterocycles. The minimum absolute atomic E-state index is 0. The molecule has 0 aromatic heterocycles. The minimum Gasteiger partial charge on any atom is -1.00 e. The number of hydrogen-bond acceptors (Lipinski definition) is 2. The Labute approximate surface area is 220 Å². The van der Waals surface area contributed by atoms with Gasteiger partial charge >= 0.3 is 0 Å².